The van der Waals surface area contributed by atoms with E-state index in [0.717, 1.165) is 36.9 Å². The lowest BCUT2D eigenvalue weighted by atomic mass is 9.88. The summed E-state index contributed by atoms with van der Waals surface area (Å²) in [7, 11) is 2.13. The molecule has 136 valence electrons. The fraction of sp³-hybridized carbons (Fsp3) is 0.435. The Hall–Kier alpha value is -2.13. The number of ether oxygens (including phenoxy) is 1. The van der Waals surface area contributed by atoms with E-state index in [2.05, 4.69) is 48.3 Å². The maximum absolute atomic E-state index is 13.2. The van der Waals surface area contributed by atoms with Crippen molar-refractivity contribution in [2.45, 2.75) is 44.1 Å². The van der Waals surface area contributed by atoms with E-state index in [0.29, 0.717) is 12.6 Å². The summed E-state index contributed by atoms with van der Waals surface area (Å²) in [6.45, 7) is 1.59. The van der Waals surface area contributed by atoms with Gasteiger partial charge in [0.2, 0.25) is 0 Å². The summed E-state index contributed by atoms with van der Waals surface area (Å²) in [5.74, 6) is -0.412. The summed E-state index contributed by atoms with van der Waals surface area (Å²) in [6.07, 6.45) is 5.53. The average Bonchev–Trinajstić information content (AvgIpc) is 2.84. The number of carbonyl (C=O) groups excluding carboxylic acids is 1. The van der Waals surface area contributed by atoms with Gasteiger partial charge < -0.3 is 9.64 Å². The number of likely N-dealkylation sites (N-methyl/N-ethyl adjacent to an activating group) is 1. The van der Waals surface area contributed by atoms with Crippen LogP contribution in [0.1, 0.15) is 47.4 Å². The molecule has 0 N–H and O–H groups in total. The van der Waals surface area contributed by atoms with Crippen molar-refractivity contribution >= 4 is 5.97 Å². The van der Waals surface area contributed by atoms with Gasteiger partial charge in [0.15, 0.2) is 0 Å². The number of nitrogens with zero attached hydrogens (tertiary/aromatic N) is 1. The number of carbonyl (C=O) groups is 1. The maximum Gasteiger partial charge on any atom is 0.318 e. The molecule has 0 aromatic heterocycles. The zero-order chi connectivity index (χ0) is 17.9. The predicted molar refractivity (Wildman–Crippen MR) is 103 cm³/mol. The zero-order valence-electron chi connectivity index (χ0n) is 15.5. The molecular formula is C23H27NO2. The summed E-state index contributed by atoms with van der Waals surface area (Å²) in [5, 5.41) is 0. The van der Waals surface area contributed by atoms with Gasteiger partial charge in [-0.2, -0.15) is 0 Å². The van der Waals surface area contributed by atoms with Crippen molar-refractivity contribution in [1.82, 2.24) is 4.90 Å². The lowest BCUT2D eigenvalue weighted by Crippen LogP contribution is -2.40. The minimum absolute atomic E-state index is 0.106. The lowest BCUT2D eigenvalue weighted by molar-refractivity contribution is -0.146. The molecule has 1 saturated heterocycles. The number of aryl methyl sites for hydroxylation is 2. The van der Waals surface area contributed by atoms with Gasteiger partial charge in [0, 0.05) is 6.04 Å². The summed E-state index contributed by atoms with van der Waals surface area (Å²) in [6, 6.07) is 17.0. The molecule has 3 heteroatoms. The number of hydrogen-bond donors (Lipinski definition) is 0. The van der Waals surface area contributed by atoms with Gasteiger partial charge in [-0.1, -0.05) is 55.0 Å². The fourth-order valence-electron chi connectivity index (χ4n) is 4.39. The van der Waals surface area contributed by atoms with Crippen molar-refractivity contribution < 1.29 is 9.53 Å². The number of likely N-dealkylation sites (tertiary alicyclic amines) is 1. The molecule has 0 unspecified atom stereocenters. The van der Waals surface area contributed by atoms with Crippen molar-refractivity contribution in [3.8, 4) is 0 Å². The van der Waals surface area contributed by atoms with E-state index >= 15 is 0 Å². The van der Waals surface area contributed by atoms with E-state index in [1.807, 2.05) is 12.1 Å². The number of esters is 1. The van der Waals surface area contributed by atoms with Gasteiger partial charge in [0.05, 0.1) is 0 Å². The first-order valence-electron chi connectivity index (χ1n) is 9.76. The predicted octanol–water partition coefficient (Wildman–Crippen LogP) is 3.94. The Bertz CT molecular complexity index is 738. The van der Waals surface area contributed by atoms with Crippen LogP contribution in [0.4, 0.5) is 0 Å². The van der Waals surface area contributed by atoms with E-state index in [-0.39, 0.29) is 11.9 Å². The van der Waals surface area contributed by atoms with Gasteiger partial charge in [-0.15, -0.1) is 0 Å². The van der Waals surface area contributed by atoms with E-state index in [9.17, 15) is 4.79 Å². The fourth-order valence-corrected chi connectivity index (χ4v) is 4.39. The molecule has 1 heterocycles. The van der Waals surface area contributed by atoms with Crippen LogP contribution in [-0.2, 0) is 22.4 Å². The van der Waals surface area contributed by atoms with Gasteiger partial charge in [0.25, 0.3) is 0 Å². The molecule has 2 aliphatic rings. The molecule has 0 saturated carbocycles. The second-order valence-corrected chi connectivity index (χ2v) is 7.59. The third-order valence-corrected chi connectivity index (χ3v) is 5.97. The molecule has 3 nitrogen and oxygen atoms in total. The molecule has 1 atom stereocenters. The van der Waals surface area contributed by atoms with Crippen LogP contribution < -0.4 is 0 Å². The van der Waals surface area contributed by atoms with Crippen molar-refractivity contribution in [2.24, 2.45) is 0 Å². The third-order valence-electron chi connectivity index (χ3n) is 5.97. The standard InChI is InChI=1S/C23H27NO2/c1-24-15-7-6-10-19(24)16-26-23(25)22-20-11-4-2-8-17(20)13-14-18-9-3-5-12-21(18)22/h2-5,8-9,11-12,19,22H,6-7,10,13-16H2,1H3/t19-/m1/s1. The highest BCUT2D eigenvalue weighted by Gasteiger charge is 2.31. The Balaban J connectivity index is 1.61. The molecule has 1 aliphatic carbocycles. The van der Waals surface area contributed by atoms with E-state index in [1.54, 1.807) is 0 Å². The molecule has 26 heavy (non-hydrogen) atoms. The number of hydrogen-bond acceptors (Lipinski definition) is 3. The van der Waals surface area contributed by atoms with Gasteiger partial charge in [-0.3, -0.25) is 4.79 Å². The Kier molecular flexibility index (Phi) is 5.07. The smallest absolute Gasteiger partial charge is 0.318 e. The van der Waals surface area contributed by atoms with Crippen molar-refractivity contribution in [2.75, 3.05) is 20.2 Å². The van der Waals surface area contributed by atoms with E-state index in [1.165, 1.54) is 24.0 Å². The van der Waals surface area contributed by atoms with Crippen LogP contribution in [0.3, 0.4) is 0 Å². The SMILES string of the molecule is CN1CCCC[C@@H]1COC(=O)C1c2ccccc2CCc2ccccc21. The second-order valence-electron chi connectivity index (χ2n) is 7.59. The first-order valence-corrected chi connectivity index (χ1v) is 9.76. The van der Waals surface area contributed by atoms with E-state index in [4.69, 9.17) is 4.74 Å². The average molecular weight is 349 g/mol. The van der Waals surface area contributed by atoms with Gasteiger partial charge in [-0.25, -0.2) is 0 Å². The number of benzene rings is 2. The molecule has 0 radical (unpaired) electrons. The first kappa shape index (κ1) is 17.3. The van der Waals surface area contributed by atoms with Crippen LogP contribution in [0.2, 0.25) is 0 Å². The molecule has 2 aromatic rings. The monoisotopic (exact) mass is 349 g/mol. The van der Waals surface area contributed by atoms with Crippen LogP contribution in [-0.4, -0.2) is 37.1 Å². The molecule has 1 aliphatic heterocycles. The largest absolute Gasteiger partial charge is 0.463 e. The van der Waals surface area contributed by atoms with Gasteiger partial charge in [-0.05, 0) is 61.5 Å². The molecule has 0 spiro atoms. The Morgan fingerprint density at radius 2 is 1.62 bits per heavy atom. The highest BCUT2D eigenvalue weighted by molar-refractivity contribution is 5.83. The van der Waals surface area contributed by atoms with Crippen molar-refractivity contribution in [3.05, 3.63) is 70.8 Å². The van der Waals surface area contributed by atoms with Crippen LogP contribution in [0.15, 0.2) is 48.5 Å². The highest BCUT2D eigenvalue weighted by Crippen LogP contribution is 2.35. The maximum atomic E-state index is 13.2. The number of fused-ring (bicyclic) bond motifs is 2. The van der Waals surface area contributed by atoms with Crippen LogP contribution in [0.25, 0.3) is 0 Å². The zero-order valence-corrected chi connectivity index (χ0v) is 15.5. The minimum atomic E-state index is -0.307. The lowest BCUT2D eigenvalue weighted by Gasteiger charge is -2.32. The number of rotatable bonds is 3. The quantitative estimate of drug-likeness (QED) is 0.786. The van der Waals surface area contributed by atoms with E-state index < -0.39 is 0 Å². The molecule has 4 rings (SSSR count). The summed E-state index contributed by atoms with van der Waals surface area (Å²) in [5.41, 5.74) is 4.75. The normalized spacial score (nSPS) is 20.7. The van der Waals surface area contributed by atoms with Crippen molar-refractivity contribution in [1.29, 1.82) is 0 Å². The Morgan fingerprint density at radius 1 is 1.00 bits per heavy atom. The molecule has 1 fully saturated rings. The van der Waals surface area contributed by atoms with Crippen LogP contribution in [0, 0.1) is 0 Å². The third kappa shape index (κ3) is 3.41. The Morgan fingerprint density at radius 3 is 2.23 bits per heavy atom. The molecule has 0 bridgehead atoms. The van der Waals surface area contributed by atoms with Gasteiger partial charge in [0.1, 0.15) is 12.5 Å². The Labute approximate surface area is 156 Å². The highest BCUT2D eigenvalue weighted by atomic mass is 16.5. The molecule has 0 amide bonds. The number of piperidine rings is 1. The summed E-state index contributed by atoms with van der Waals surface area (Å²) < 4.78 is 5.88. The van der Waals surface area contributed by atoms with Crippen LogP contribution in [0.5, 0.6) is 0 Å². The summed E-state index contributed by atoms with van der Waals surface area (Å²) >= 11 is 0. The molecule has 2 aromatic carbocycles. The van der Waals surface area contributed by atoms with Crippen molar-refractivity contribution in [3.63, 3.8) is 0 Å². The van der Waals surface area contributed by atoms with Gasteiger partial charge >= 0.3 is 5.97 Å². The second kappa shape index (κ2) is 7.63. The molecular weight excluding hydrogens is 322 g/mol. The minimum Gasteiger partial charge on any atom is -0.463 e. The van der Waals surface area contributed by atoms with Crippen LogP contribution >= 0.6 is 0 Å². The topological polar surface area (TPSA) is 29.5 Å². The first-order chi connectivity index (χ1) is 12.7. The summed E-state index contributed by atoms with van der Waals surface area (Å²) in [4.78, 5) is 15.5.